The second-order valence-electron chi connectivity index (χ2n) is 7.24. The minimum Gasteiger partial charge on any atom is -0.480 e. The van der Waals surface area contributed by atoms with Crippen LogP contribution in [0.4, 0.5) is 4.39 Å². The Labute approximate surface area is 173 Å². The van der Waals surface area contributed by atoms with Crippen molar-refractivity contribution in [1.29, 1.82) is 0 Å². The van der Waals surface area contributed by atoms with Gasteiger partial charge in [0.15, 0.2) is 0 Å². The molecule has 0 fully saturated rings. The first-order valence-electron chi connectivity index (χ1n) is 10.3. The van der Waals surface area contributed by atoms with Gasteiger partial charge in [-0.2, -0.15) is 4.39 Å². The third-order valence-corrected chi connectivity index (χ3v) is 4.69. The normalized spacial score (nSPS) is 11.8. The number of carboxylic acid groups (broad SMARTS) is 1. The van der Waals surface area contributed by atoms with Crippen molar-refractivity contribution >= 4 is 17.8 Å². The summed E-state index contributed by atoms with van der Waals surface area (Å²) < 4.78 is 13.6. The van der Waals surface area contributed by atoms with Crippen LogP contribution in [0.1, 0.15) is 82.3 Å². The number of carboxylic acids is 1. The molecule has 0 aliphatic rings. The zero-order valence-corrected chi connectivity index (χ0v) is 17.2. The van der Waals surface area contributed by atoms with E-state index in [1.54, 1.807) is 4.98 Å². The molecule has 1 unspecified atom stereocenters. The van der Waals surface area contributed by atoms with E-state index in [-0.39, 0.29) is 11.0 Å². The Morgan fingerprint density at radius 2 is 1.63 bits per heavy atom. The average molecular weight is 427 g/mol. The lowest BCUT2D eigenvalue weighted by molar-refractivity contribution is -0.141. The molecular weight excluding hydrogens is 397 g/mol. The summed E-state index contributed by atoms with van der Waals surface area (Å²) in [5.74, 6) is -4.39. The number of H-pyrrole nitrogens is 1. The summed E-state index contributed by atoms with van der Waals surface area (Å²) in [6, 6.07) is -1.56. The molecule has 0 aliphatic heterocycles. The zero-order valence-electron chi connectivity index (χ0n) is 17.2. The maximum atomic E-state index is 13.3. The highest BCUT2D eigenvalue weighted by molar-refractivity contribution is 5.89. The van der Waals surface area contributed by atoms with E-state index in [1.807, 2.05) is 0 Å². The van der Waals surface area contributed by atoms with Gasteiger partial charge in [-0.25, -0.2) is 14.2 Å². The van der Waals surface area contributed by atoms with Crippen LogP contribution in [0.2, 0.25) is 0 Å². The molecule has 1 aromatic rings. The summed E-state index contributed by atoms with van der Waals surface area (Å²) in [4.78, 5) is 59.7. The first kappa shape index (κ1) is 25.3. The number of nitrogens with one attached hydrogen (secondary N) is 2. The fourth-order valence-electron chi connectivity index (χ4n) is 2.97. The Hall–Kier alpha value is -2.78. The van der Waals surface area contributed by atoms with Gasteiger partial charge in [-0.1, -0.05) is 58.3 Å². The number of amides is 1. The Balaban J connectivity index is 2.43. The molecule has 1 rings (SSSR count). The highest BCUT2D eigenvalue weighted by atomic mass is 19.1. The van der Waals surface area contributed by atoms with Crippen molar-refractivity contribution in [3.05, 3.63) is 32.9 Å². The fraction of sp³-hybridized carbons (Fsp3) is 0.650. The summed E-state index contributed by atoms with van der Waals surface area (Å²) in [5.41, 5.74) is -2.47. The summed E-state index contributed by atoms with van der Waals surface area (Å²) >= 11 is 0. The van der Waals surface area contributed by atoms with Gasteiger partial charge in [0.1, 0.15) is 6.04 Å². The van der Waals surface area contributed by atoms with Gasteiger partial charge in [-0.15, -0.1) is 0 Å². The van der Waals surface area contributed by atoms with Crippen LogP contribution < -0.4 is 16.6 Å². The van der Waals surface area contributed by atoms with Crippen LogP contribution in [0.3, 0.4) is 0 Å². The van der Waals surface area contributed by atoms with Crippen molar-refractivity contribution in [3.8, 4) is 0 Å². The van der Waals surface area contributed by atoms with Gasteiger partial charge in [-0.3, -0.25) is 19.4 Å². The number of halogens is 1. The standard InChI is InChI=1S/C20H30FN3O6/c1-2-3-4-5-6-7-8-9-10-11-16(25)22-15(19(28)29)12-17(26)24-13-14(21)18(27)23-20(24)30/h13,15H,2-12H2,1H3,(H,22,25)(H,28,29)(H,23,27,30). The summed E-state index contributed by atoms with van der Waals surface area (Å²) in [7, 11) is 0. The number of carbonyl (C=O) groups excluding carboxylic acids is 2. The van der Waals surface area contributed by atoms with Gasteiger partial charge >= 0.3 is 11.7 Å². The number of aromatic nitrogens is 2. The minimum absolute atomic E-state index is 0.126. The smallest absolute Gasteiger partial charge is 0.335 e. The molecule has 30 heavy (non-hydrogen) atoms. The number of carbonyl (C=O) groups is 3. The molecule has 9 nitrogen and oxygen atoms in total. The van der Waals surface area contributed by atoms with E-state index < -0.39 is 47.3 Å². The van der Waals surface area contributed by atoms with Gasteiger partial charge < -0.3 is 10.4 Å². The van der Waals surface area contributed by atoms with Gasteiger partial charge in [0, 0.05) is 6.42 Å². The number of aliphatic carboxylic acids is 1. The molecule has 1 amide bonds. The molecule has 0 spiro atoms. The van der Waals surface area contributed by atoms with Crippen molar-refractivity contribution in [2.24, 2.45) is 0 Å². The van der Waals surface area contributed by atoms with Crippen molar-refractivity contribution < 1.29 is 23.9 Å². The van der Waals surface area contributed by atoms with Crippen LogP contribution in [0.15, 0.2) is 15.8 Å². The van der Waals surface area contributed by atoms with E-state index in [2.05, 4.69) is 12.2 Å². The molecule has 0 bridgehead atoms. The molecule has 1 heterocycles. The summed E-state index contributed by atoms with van der Waals surface area (Å²) in [6.07, 6.45) is 9.39. The van der Waals surface area contributed by atoms with Crippen molar-refractivity contribution in [3.63, 3.8) is 0 Å². The first-order valence-corrected chi connectivity index (χ1v) is 10.3. The average Bonchev–Trinajstić information content (AvgIpc) is 2.68. The number of hydrogen-bond acceptors (Lipinski definition) is 5. The van der Waals surface area contributed by atoms with E-state index in [1.165, 1.54) is 32.1 Å². The number of nitrogens with zero attached hydrogens (tertiary/aromatic N) is 1. The minimum atomic E-state index is -1.56. The molecule has 3 N–H and O–H groups in total. The summed E-state index contributed by atoms with van der Waals surface area (Å²) in [6.45, 7) is 2.17. The molecule has 0 aromatic carbocycles. The lowest BCUT2D eigenvalue weighted by atomic mass is 10.1. The van der Waals surface area contributed by atoms with Gasteiger partial charge in [0.2, 0.25) is 17.6 Å². The molecule has 1 atom stereocenters. The van der Waals surface area contributed by atoms with Crippen LogP contribution in [-0.2, 0) is 9.59 Å². The monoisotopic (exact) mass is 427 g/mol. The highest BCUT2D eigenvalue weighted by Gasteiger charge is 2.25. The number of aromatic amines is 1. The van der Waals surface area contributed by atoms with Crippen molar-refractivity contribution in [2.75, 3.05) is 0 Å². The third-order valence-electron chi connectivity index (χ3n) is 4.69. The lowest BCUT2D eigenvalue weighted by Crippen LogP contribution is -2.44. The van der Waals surface area contributed by atoms with Gasteiger partial charge in [-0.05, 0) is 6.42 Å². The fourth-order valence-corrected chi connectivity index (χ4v) is 2.97. The van der Waals surface area contributed by atoms with E-state index >= 15 is 0 Å². The predicted octanol–water partition coefficient (Wildman–Crippen LogP) is 2.20. The molecule has 168 valence electrons. The molecule has 10 heteroatoms. The van der Waals surface area contributed by atoms with Gasteiger partial charge in [0.05, 0.1) is 12.6 Å². The molecular formula is C20H30FN3O6. The molecule has 0 radical (unpaired) electrons. The Kier molecular flexibility index (Phi) is 11.3. The van der Waals surface area contributed by atoms with E-state index in [0.717, 1.165) is 19.3 Å². The quantitative estimate of drug-likeness (QED) is 0.389. The SMILES string of the molecule is CCCCCCCCCCCC(=O)NC(CC(=O)n1cc(F)c(=O)[nH]c1=O)C(=O)O. The van der Waals surface area contributed by atoms with Crippen LogP contribution in [0.25, 0.3) is 0 Å². The van der Waals surface area contributed by atoms with Crippen LogP contribution >= 0.6 is 0 Å². The van der Waals surface area contributed by atoms with Crippen molar-refractivity contribution in [2.45, 2.75) is 83.6 Å². The molecule has 0 saturated heterocycles. The zero-order chi connectivity index (χ0) is 22.5. The third kappa shape index (κ3) is 9.15. The van der Waals surface area contributed by atoms with E-state index in [9.17, 15) is 33.5 Å². The number of rotatable bonds is 14. The Bertz CT molecular complexity index is 833. The van der Waals surface area contributed by atoms with Crippen LogP contribution in [0, 0.1) is 5.82 Å². The number of hydrogen-bond donors (Lipinski definition) is 3. The number of unbranched alkanes of at least 4 members (excludes halogenated alkanes) is 8. The lowest BCUT2D eigenvalue weighted by Gasteiger charge is -2.14. The Morgan fingerprint density at radius 3 is 2.20 bits per heavy atom. The highest BCUT2D eigenvalue weighted by Crippen LogP contribution is 2.10. The predicted molar refractivity (Wildman–Crippen MR) is 108 cm³/mol. The largest absolute Gasteiger partial charge is 0.480 e. The Morgan fingerprint density at radius 1 is 1.07 bits per heavy atom. The van der Waals surface area contributed by atoms with Crippen molar-refractivity contribution in [1.82, 2.24) is 14.9 Å². The molecule has 1 aromatic heterocycles. The van der Waals surface area contributed by atoms with Crippen LogP contribution in [0.5, 0.6) is 0 Å². The topological polar surface area (TPSA) is 138 Å². The summed E-state index contributed by atoms with van der Waals surface area (Å²) in [5, 5.41) is 11.5. The maximum Gasteiger partial charge on any atom is 0.335 e. The molecule has 0 saturated carbocycles. The molecule has 0 aliphatic carbocycles. The van der Waals surface area contributed by atoms with E-state index in [4.69, 9.17) is 0 Å². The maximum absolute atomic E-state index is 13.3. The first-order chi connectivity index (χ1) is 14.3. The van der Waals surface area contributed by atoms with Gasteiger partial charge in [0.25, 0.3) is 5.56 Å². The van der Waals surface area contributed by atoms with Crippen LogP contribution in [-0.4, -0.2) is 38.5 Å². The van der Waals surface area contributed by atoms with E-state index in [0.29, 0.717) is 12.6 Å². The second-order valence-corrected chi connectivity index (χ2v) is 7.24. The second kappa shape index (κ2) is 13.4.